The lowest BCUT2D eigenvalue weighted by Gasteiger charge is -2.06. The van der Waals surface area contributed by atoms with Crippen molar-refractivity contribution in [2.24, 2.45) is 5.73 Å². The average Bonchev–Trinajstić information content (AvgIpc) is 3.16. The van der Waals surface area contributed by atoms with Gasteiger partial charge >= 0.3 is 0 Å². The predicted molar refractivity (Wildman–Crippen MR) is 101 cm³/mol. The Bertz CT molecular complexity index is 804. The summed E-state index contributed by atoms with van der Waals surface area (Å²) in [7, 11) is 0. The Hall–Kier alpha value is -1.48. The third-order valence-electron chi connectivity index (χ3n) is 3.20. The largest absolute Gasteiger partial charge is 0.370 e. The van der Waals surface area contributed by atoms with Gasteiger partial charge in [0, 0.05) is 22.7 Å². The molecule has 5 nitrogen and oxygen atoms in total. The molecule has 3 heterocycles. The lowest BCUT2D eigenvalue weighted by Crippen LogP contribution is -2.18. The molecule has 23 heavy (non-hydrogen) atoms. The summed E-state index contributed by atoms with van der Waals surface area (Å²) in [6.07, 6.45) is 0.728. The number of hydrogen-bond acceptors (Lipinski definition) is 7. The monoisotopic (exact) mass is 366 g/mol. The van der Waals surface area contributed by atoms with Crippen LogP contribution in [-0.2, 0) is 17.8 Å². The molecule has 122 valence electrons. The molecular formula is C15H18N4OS3. The topological polar surface area (TPSA) is 80.0 Å². The van der Waals surface area contributed by atoms with E-state index in [1.165, 1.54) is 23.3 Å². The first-order valence-electron chi connectivity index (χ1n) is 7.25. The first kappa shape index (κ1) is 16.4. The highest BCUT2D eigenvalue weighted by molar-refractivity contribution is 7.25. The molecule has 0 saturated heterocycles. The van der Waals surface area contributed by atoms with Crippen molar-refractivity contribution in [3.63, 3.8) is 0 Å². The highest BCUT2D eigenvalue weighted by Gasteiger charge is 2.20. The lowest BCUT2D eigenvalue weighted by atomic mass is 10.2. The molecule has 0 unspecified atom stereocenters. The Kier molecular flexibility index (Phi) is 4.96. The molecule has 0 fully saturated rings. The number of carbonyl (C=O) groups excluding carboxylic acids is 1. The van der Waals surface area contributed by atoms with Gasteiger partial charge in [-0.05, 0) is 36.3 Å². The zero-order valence-electron chi connectivity index (χ0n) is 12.9. The zero-order chi connectivity index (χ0) is 16.4. The summed E-state index contributed by atoms with van der Waals surface area (Å²) in [6.45, 7) is 4.26. The Labute approximate surface area is 146 Å². The van der Waals surface area contributed by atoms with E-state index in [1.807, 2.05) is 13.0 Å². The zero-order valence-corrected chi connectivity index (χ0v) is 15.3. The van der Waals surface area contributed by atoms with Crippen molar-refractivity contribution < 1.29 is 4.79 Å². The summed E-state index contributed by atoms with van der Waals surface area (Å²) in [5, 5.41) is 9.48. The predicted octanol–water partition coefficient (Wildman–Crippen LogP) is 3.88. The van der Waals surface area contributed by atoms with Gasteiger partial charge in [-0.25, -0.2) is 0 Å². The molecule has 4 N–H and O–H groups in total. The number of rotatable bonds is 6. The molecule has 0 saturated carbocycles. The van der Waals surface area contributed by atoms with E-state index in [2.05, 4.69) is 26.5 Å². The molecule has 0 radical (unpaired) electrons. The van der Waals surface area contributed by atoms with Crippen molar-refractivity contribution in [1.82, 2.24) is 4.37 Å². The molecule has 8 heteroatoms. The Balaban J connectivity index is 1.91. The molecule has 3 aromatic rings. The van der Waals surface area contributed by atoms with Crippen LogP contribution in [0.3, 0.4) is 0 Å². The maximum atomic E-state index is 11.5. The number of amides is 1. The van der Waals surface area contributed by atoms with Crippen molar-refractivity contribution in [3.05, 3.63) is 27.3 Å². The fourth-order valence-electron chi connectivity index (χ4n) is 2.28. The van der Waals surface area contributed by atoms with Crippen LogP contribution < -0.4 is 16.4 Å². The summed E-state index contributed by atoms with van der Waals surface area (Å²) < 4.78 is 5.63. The number of anilines is 2. The van der Waals surface area contributed by atoms with Gasteiger partial charge in [0.15, 0.2) is 0 Å². The van der Waals surface area contributed by atoms with Crippen LogP contribution in [0.2, 0.25) is 0 Å². The quantitative estimate of drug-likeness (QED) is 0.618. The van der Waals surface area contributed by atoms with Gasteiger partial charge in [0.25, 0.3) is 0 Å². The number of aromatic nitrogens is 1. The van der Waals surface area contributed by atoms with E-state index in [0.717, 1.165) is 38.7 Å². The van der Waals surface area contributed by atoms with Gasteiger partial charge in [-0.2, -0.15) is 4.37 Å². The number of carbonyl (C=O) groups is 1. The number of nitrogens with two attached hydrogens (primary N) is 1. The molecule has 0 aliphatic rings. The normalized spacial score (nSPS) is 12.5. The summed E-state index contributed by atoms with van der Waals surface area (Å²) in [5.41, 5.74) is 7.61. The van der Waals surface area contributed by atoms with Gasteiger partial charge in [0.05, 0.1) is 16.9 Å². The van der Waals surface area contributed by atoms with E-state index in [-0.39, 0.29) is 11.9 Å². The molecule has 3 aromatic heterocycles. The number of nitrogens with zero attached hydrogens (tertiary/aromatic N) is 1. The summed E-state index contributed by atoms with van der Waals surface area (Å²) in [4.78, 5) is 13.9. The third kappa shape index (κ3) is 3.72. The van der Waals surface area contributed by atoms with Gasteiger partial charge in [0.1, 0.15) is 10.5 Å². The molecule has 0 aromatic carbocycles. The summed E-state index contributed by atoms with van der Waals surface area (Å²) >= 11 is 4.82. The van der Waals surface area contributed by atoms with Gasteiger partial charge < -0.3 is 16.4 Å². The van der Waals surface area contributed by atoms with Crippen LogP contribution >= 0.6 is 34.2 Å². The Morgan fingerprint density at radius 3 is 2.96 bits per heavy atom. The second kappa shape index (κ2) is 6.96. The molecule has 0 aliphatic carbocycles. The van der Waals surface area contributed by atoms with E-state index in [1.54, 1.807) is 22.7 Å². The summed E-state index contributed by atoms with van der Waals surface area (Å²) in [6, 6.07) is 4.19. The van der Waals surface area contributed by atoms with Gasteiger partial charge in [-0.1, -0.05) is 6.07 Å². The fourth-order valence-corrected chi connectivity index (χ4v) is 5.15. The lowest BCUT2D eigenvalue weighted by molar-refractivity contribution is -0.114. The maximum Gasteiger partial charge on any atom is 0.221 e. The number of thiophene rings is 2. The fraction of sp³-hybridized carbons (Fsp3) is 0.333. The van der Waals surface area contributed by atoms with Crippen molar-refractivity contribution in [2.75, 3.05) is 10.6 Å². The second-order valence-corrected chi connectivity index (χ2v) is 8.30. The molecule has 0 aliphatic heterocycles. The SMILES string of the molecule is CC(=O)Nc1c(C[C@H](C)N)sc2c(NCc3cccs3)snc12. The first-order valence-corrected chi connectivity index (χ1v) is 9.72. The Morgan fingerprint density at radius 2 is 2.30 bits per heavy atom. The average molecular weight is 367 g/mol. The van der Waals surface area contributed by atoms with E-state index < -0.39 is 0 Å². The Morgan fingerprint density at radius 1 is 1.48 bits per heavy atom. The van der Waals surface area contributed by atoms with E-state index in [4.69, 9.17) is 5.73 Å². The molecule has 0 bridgehead atoms. The minimum Gasteiger partial charge on any atom is -0.370 e. The van der Waals surface area contributed by atoms with Crippen LogP contribution in [0.1, 0.15) is 23.6 Å². The van der Waals surface area contributed by atoms with Crippen LogP contribution in [0.15, 0.2) is 17.5 Å². The maximum absolute atomic E-state index is 11.5. The van der Waals surface area contributed by atoms with Crippen LogP contribution in [-0.4, -0.2) is 16.3 Å². The van der Waals surface area contributed by atoms with Crippen molar-refractivity contribution in [1.29, 1.82) is 0 Å². The van der Waals surface area contributed by atoms with Crippen molar-refractivity contribution in [3.8, 4) is 0 Å². The second-order valence-electron chi connectivity index (χ2n) is 5.39. The van der Waals surface area contributed by atoms with E-state index in [9.17, 15) is 4.79 Å². The highest BCUT2D eigenvalue weighted by Crippen LogP contribution is 2.42. The van der Waals surface area contributed by atoms with Crippen LogP contribution in [0.5, 0.6) is 0 Å². The van der Waals surface area contributed by atoms with Crippen LogP contribution in [0.25, 0.3) is 10.2 Å². The summed E-state index contributed by atoms with van der Waals surface area (Å²) in [5.74, 6) is -0.0864. The number of fused-ring (bicyclic) bond motifs is 1. The van der Waals surface area contributed by atoms with Crippen molar-refractivity contribution >= 4 is 61.0 Å². The van der Waals surface area contributed by atoms with Crippen LogP contribution in [0, 0.1) is 0 Å². The first-order chi connectivity index (χ1) is 11.0. The van der Waals surface area contributed by atoms with Crippen molar-refractivity contribution in [2.45, 2.75) is 32.9 Å². The third-order valence-corrected chi connectivity index (χ3v) is 6.23. The molecule has 1 amide bonds. The minimum atomic E-state index is -0.0864. The van der Waals surface area contributed by atoms with E-state index in [0.29, 0.717) is 0 Å². The number of nitrogens with one attached hydrogen (secondary N) is 2. The minimum absolute atomic E-state index is 0.0384. The number of hydrogen-bond donors (Lipinski definition) is 3. The van der Waals surface area contributed by atoms with E-state index >= 15 is 0 Å². The molecule has 0 spiro atoms. The molecular weight excluding hydrogens is 348 g/mol. The molecule has 1 atom stereocenters. The standard InChI is InChI=1S/C15H18N4OS3/c1-8(16)6-11-12(18-9(2)20)13-14(22-11)15(23-19-13)17-7-10-4-3-5-21-10/h3-5,8,17H,6-7,16H2,1-2H3,(H,18,20)/t8-/m0/s1. The van der Waals surface area contributed by atoms with Gasteiger partial charge in [-0.15, -0.1) is 22.7 Å². The smallest absolute Gasteiger partial charge is 0.221 e. The van der Waals surface area contributed by atoms with Gasteiger partial charge in [0.2, 0.25) is 5.91 Å². The van der Waals surface area contributed by atoms with Gasteiger partial charge in [-0.3, -0.25) is 4.79 Å². The highest BCUT2D eigenvalue weighted by atomic mass is 32.1. The molecule has 3 rings (SSSR count). The van der Waals surface area contributed by atoms with Crippen LogP contribution in [0.4, 0.5) is 10.7 Å².